The van der Waals surface area contributed by atoms with Crippen LogP contribution < -0.4 is 14.8 Å². The number of aromatic nitrogens is 2. The van der Waals surface area contributed by atoms with Gasteiger partial charge in [-0.2, -0.15) is 0 Å². The third-order valence-corrected chi connectivity index (χ3v) is 4.87. The third kappa shape index (κ3) is 3.89. The van der Waals surface area contributed by atoms with Crippen molar-refractivity contribution in [3.8, 4) is 11.5 Å². The van der Waals surface area contributed by atoms with Crippen LogP contribution in [0.5, 0.6) is 11.5 Å². The van der Waals surface area contributed by atoms with Gasteiger partial charge in [0.05, 0.1) is 31.2 Å². The second kappa shape index (κ2) is 7.31. The second-order valence-corrected chi connectivity index (χ2v) is 7.01. The van der Waals surface area contributed by atoms with E-state index in [-0.39, 0.29) is 11.8 Å². The fraction of sp³-hybridized carbons (Fsp3) is 0.333. The molecule has 1 aromatic heterocycles. The minimum atomic E-state index is 0.0196. The number of aromatic amines is 1. The first kappa shape index (κ1) is 17.4. The first-order chi connectivity index (χ1) is 13.1. The molecule has 1 aliphatic heterocycles. The van der Waals surface area contributed by atoms with E-state index in [0.29, 0.717) is 19.6 Å². The molecule has 0 saturated heterocycles. The van der Waals surface area contributed by atoms with E-state index < -0.39 is 0 Å². The van der Waals surface area contributed by atoms with Gasteiger partial charge < -0.3 is 19.8 Å². The Kier molecular flexibility index (Phi) is 4.71. The van der Waals surface area contributed by atoms with Crippen molar-refractivity contribution in [1.82, 2.24) is 15.3 Å². The van der Waals surface area contributed by atoms with Crippen LogP contribution in [0.1, 0.15) is 17.0 Å². The van der Waals surface area contributed by atoms with Gasteiger partial charge in [-0.3, -0.25) is 4.79 Å². The molecular weight excluding hydrogens is 342 g/mol. The Balaban J connectivity index is 1.32. The summed E-state index contributed by atoms with van der Waals surface area (Å²) in [5.74, 6) is 2.84. The van der Waals surface area contributed by atoms with Crippen LogP contribution in [0.25, 0.3) is 11.0 Å². The van der Waals surface area contributed by atoms with Gasteiger partial charge in [-0.25, -0.2) is 4.98 Å². The number of benzene rings is 2. The zero-order valence-electron chi connectivity index (χ0n) is 15.5. The van der Waals surface area contributed by atoms with Gasteiger partial charge in [0, 0.05) is 18.5 Å². The fourth-order valence-electron chi connectivity index (χ4n) is 3.47. The number of H-pyrrole nitrogens is 1. The molecule has 0 unspecified atom stereocenters. The zero-order valence-corrected chi connectivity index (χ0v) is 15.5. The van der Waals surface area contributed by atoms with Crippen LogP contribution in [0.3, 0.4) is 0 Å². The summed E-state index contributed by atoms with van der Waals surface area (Å²) in [6.45, 7) is 3.13. The zero-order chi connectivity index (χ0) is 18.8. The number of amides is 1. The summed E-state index contributed by atoms with van der Waals surface area (Å²) in [5.41, 5.74) is 4.01. The summed E-state index contributed by atoms with van der Waals surface area (Å²) in [5, 5.41) is 3.04. The van der Waals surface area contributed by atoms with Crippen molar-refractivity contribution in [1.29, 1.82) is 0 Å². The van der Waals surface area contributed by atoms with Gasteiger partial charge >= 0.3 is 0 Å². The van der Waals surface area contributed by atoms with E-state index in [1.807, 2.05) is 43.3 Å². The largest absolute Gasteiger partial charge is 0.497 e. The maximum atomic E-state index is 12.3. The third-order valence-electron chi connectivity index (χ3n) is 4.87. The molecular formula is C21H23N3O3. The summed E-state index contributed by atoms with van der Waals surface area (Å²) in [6, 6.07) is 11.8. The molecule has 6 heteroatoms. The van der Waals surface area contributed by atoms with Gasteiger partial charge in [0.15, 0.2) is 0 Å². The maximum absolute atomic E-state index is 12.3. The van der Waals surface area contributed by atoms with E-state index in [9.17, 15) is 4.79 Å². The van der Waals surface area contributed by atoms with E-state index in [1.54, 1.807) is 7.11 Å². The number of hydrogen-bond acceptors (Lipinski definition) is 4. The molecule has 0 radical (unpaired) electrons. The SMILES string of the molecule is COc1ccc2c(c1)OC[C@H](CNC(=O)Cc1ccc3nc(C)[nH]c3c1)C2. The highest BCUT2D eigenvalue weighted by molar-refractivity contribution is 5.81. The minimum Gasteiger partial charge on any atom is -0.497 e. The molecule has 0 aliphatic carbocycles. The molecule has 2 heterocycles. The second-order valence-electron chi connectivity index (χ2n) is 7.01. The molecule has 2 N–H and O–H groups in total. The van der Waals surface area contributed by atoms with Crippen molar-refractivity contribution >= 4 is 16.9 Å². The predicted octanol–water partition coefficient (Wildman–Crippen LogP) is 2.79. The van der Waals surface area contributed by atoms with Crippen LogP contribution in [-0.4, -0.2) is 36.1 Å². The first-order valence-corrected chi connectivity index (χ1v) is 9.12. The average Bonchev–Trinajstić information content (AvgIpc) is 3.05. The number of carbonyl (C=O) groups is 1. The topological polar surface area (TPSA) is 76.2 Å². The molecule has 1 atom stereocenters. The van der Waals surface area contributed by atoms with Crippen molar-refractivity contribution in [3.63, 3.8) is 0 Å². The van der Waals surface area contributed by atoms with E-state index >= 15 is 0 Å². The maximum Gasteiger partial charge on any atom is 0.224 e. The number of ether oxygens (including phenoxy) is 2. The summed E-state index contributed by atoms with van der Waals surface area (Å²) in [7, 11) is 1.65. The van der Waals surface area contributed by atoms with Crippen LogP contribution in [0, 0.1) is 12.8 Å². The Hall–Kier alpha value is -3.02. The Morgan fingerprint density at radius 2 is 2.22 bits per heavy atom. The Morgan fingerprint density at radius 1 is 1.33 bits per heavy atom. The van der Waals surface area contributed by atoms with Crippen LogP contribution in [0.2, 0.25) is 0 Å². The van der Waals surface area contributed by atoms with Crippen molar-refractivity contribution in [3.05, 3.63) is 53.3 Å². The number of nitrogens with one attached hydrogen (secondary N) is 2. The number of nitrogens with zero attached hydrogens (tertiary/aromatic N) is 1. The van der Waals surface area contributed by atoms with E-state index in [2.05, 4.69) is 15.3 Å². The lowest BCUT2D eigenvalue weighted by atomic mass is 9.96. The minimum absolute atomic E-state index is 0.0196. The number of fused-ring (bicyclic) bond motifs is 2. The Labute approximate surface area is 157 Å². The summed E-state index contributed by atoms with van der Waals surface area (Å²) >= 11 is 0. The molecule has 27 heavy (non-hydrogen) atoms. The lowest BCUT2D eigenvalue weighted by Gasteiger charge is -2.25. The van der Waals surface area contributed by atoms with Crippen LogP contribution in [0.15, 0.2) is 36.4 Å². The molecule has 0 fully saturated rings. The van der Waals surface area contributed by atoms with Gasteiger partial charge in [-0.1, -0.05) is 12.1 Å². The highest BCUT2D eigenvalue weighted by Crippen LogP contribution is 2.30. The molecule has 3 aromatic rings. The lowest BCUT2D eigenvalue weighted by Crippen LogP contribution is -2.35. The number of carbonyl (C=O) groups excluding carboxylic acids is 1. The highest BCUT2D eigenvalue weighted by Gasteiger charge is 2.21. The van der Waals surface area contributed by atoms with Crippen LogP contribution in [-0.2, 0) is 17.6 Å². The quantitative estimate of drug-likeness (QED) is 0.729. The molecule has 2 aromatic carbocycles. The Bertz CT molecular complexity index is 980. The lowest BCUT2D eigenvalue weighted by molar-refractivity contribution is -0.120. The smallest absolute Gasteiger partial charge is 0.224 e. The molecule has 1 aliphatic rings. The van der Waals surface area contributed by atoms with E-state index in [4.69, 9.17) is 9.47 Å². The first-order valence-electron chi connectivity index (χ1n) is 9.12. The Morgan fingerprint density at radius 3 is 3.07 bits per heavy atom. The normalized spacial score (nSPS) is 15.9. The van der Waals surface area contributed by atoms with Crippen molar-refractivity contribution < 1.29 is 14.3 Å². The average molecular weight is 365 g/mol. The molecule has 4 rings (SSSR count). The van der Waals surface area contributed by atoms with Gasteiger partial charge in [0.2, 0.25) is 5.91 Å². The number of imidazole rings is 1. The summed E-state index contributed by atoms with van der Waals surface area (Å²) in [4.78, 5) is 19.9. The van der Waals surface area contributed by atoms with Crippen LogP contribution in [0.4, 0.5) is 0 Å². The summed E-state index contributed by atoms with van der Waals surface area (Å²) in [6.07, 6.45) is 1.24. The van der Waals surface area contributed by atoms with E-state index in [0.717, 1.165) is 45.9 Å². The van der Waals surface area contributed by atoms with Crippen molar-refractivity contribution in [2.45, 2.75) is 19.8 Å². The van der Waals surface area contributed by atoms with Crippen molar-refractivity contribution in [2.75, 3.05) is 20.3 Å². The number of aryl methyl sites for hydroxylation is 1. The number of hydrogen-bond donors (Lipinski definition) is 2. The van der Waals surface area contributed by atoms with Gasteiger partial charge in [0.25, 0.3) is 0 Å². The molecule has 6 nitrogen and oxygen atoms in total. The van der Waals surface area contributed by atoms with Gasteiger partial charge in [0.1, 0.15) is 17.3 Å². The summed E-state index contributed by atoms with van der Waals surface area (Å²) < 4.78 is 11.1. The van der Waals surface area contributed by atoms with Gasteiger partial charge in [-0.15, -0.1) is 0 Å². The predicted molar refractivity (Wildman–Crippen MR) is 103 cm³/mol. The monoisotopic (exact) mass is 365 g/mol. The number of rotatable bonds is 5. The van der Waals surface area contributed by atoms with Crippen LogP contribution >= 0.6 is 0 Å². The molecule has 1 amide bonds. The molecule has 0 saturated carbocycles. The van der Waals surface area contributed by atoms with Crippen molar-refractivity contribution in [2.24, 2.45) is 5.92 Å². The van der Waals surface area contributed by atoms with E-state index in [1.165, 1.54) is 0 Å². The fourth-order valence-corrected chi connectivity index (χ4v) is 3.47. The standard InChI is InChI=1S/C21H23N3O3/c1-13-23-18-6-3-14(8-19(18)24-13)9-21(25)22-11-15-7-16-4-5-17(26-2)10-20(16)27-12-15/h3-6,8,10,15H,7,9,11-12H2,1-2H3,(H,22,25)(H,23,24)/t15-/m0/s1. The van der Waals surface area contributed by atoms with Gasteiger partial charge in [-0.05, 0) is 42.7 Å². The highest BCUT2D eigenvalue weighted by atomic mass is 16.5. The number of methoxy groups -OCH3 is 1. The molecule has 0 spiro atoms. The molecule has 140 valence electrons. The molecule has 0 bridgehead atoms.